The van der Waals surface area contributed by atoms with E-state index in [1.165, 1.54) is 12.1 Å². The zero-order valence-electron chi connectivity index (χ0n) is 13.9. The van der Waals surface area contributed by atoms with Crippen LogP contribution in [0.15, 0.2) is 30.8 Å². The van der Waals surface area contributed by atoms with Gasteiger partial charge in [0.2, 0.25) is 0 Å². The van der Waals surface area contributed by atoms with E-state index in [9.17, 15) is 9.18 Å². The summed E-state index contributed by atoms with van der Waals surface area (Å²) in [6.45, 7) is 13.8. The topological polar surface area (TPSA) is 41.6 Å². The maximum Gasteiger partial charge on any atom is 0.422 e. The van der Waals surface area contributed by atoms with Gasteiger partial charge in [0.25, 0.3) is 0 Å². The zero-order chi connectivity index (χ0) is 16.9. The summed E-state index contributed by atoms with van der Waals surface area (Å²) >= 11 is 0. The molecule has 1 amide bonds. The largest absolute Gasteiger partial charge is 0.443 e. The Bertz CT molecular complexity index is 518. The number of carbonyl (C=O) groups is 1. The summed E-state index contributed by atoms with van der Waals surface area (Å²) in [4.78, 5) is 11.9. The van der Waals surface area contributed by atoms with Crippen molar-refractivity contribution in [2.24, 2.45) is 0 Å². The second-order valence-electron chi connectivity index (χ2n) is 6.45. The second kappa shape index (κ2) is 7.40. The molecular formula is C17H25FN2O2. The highest BCUT2D eigenvalue weighted by molar-refractivity contribution is 5.68. The molecule has 0 bridgehead atoms. The van der Waals surface area contributed by atoms with Gasteiger partial charge in [-0.1, -0.05) is 18.7 Å². The molecule has 5 heteroatoms. The number of carbonyl (C=O) groups excluding carboxylic acids is 1. The average molecular weight is 308 g/mol. The first-order chi connectivity index (χ1) is 10.1. The first-order valence-corrected chi connectivity index (χ1v) is 7.28. The number of rotatable bonds is 5. The van der Waals surface area contributed by atoms with Gasteiger partial charge < -0.3 is 4.74 Å². The Hall–Kier alpha value is -1.88. The molecule has 0 aliphatic heterocycles. The molecule has 0 aliphatic carbocycles. The van der Waals surface area contributed by atoms with Crippen LogP contribution in [0.2, 0.25) is 0 Å². The number of nitrogens with zero attached hydrogens (tertiary/aromatic N) is 1. The number of nitrogens with one attached hydrogen (secondary N) is 1. The molecule has 1 N–H and O–H groups in total. The van der Waals surface area contributed by atoms with Gasteiger partial charge in [0.1, 0.15) is 11.4 Å². The molecule has 22 heavy (non-hydrogen) atoms. The first-order valence-electron chi connectivity index (χ1n) is 7.28. The first kappa shape index (κ1) is 18.2. The molecule has 0 atom stereocenters. The lowest BCUT2D eigenvalue weighted by Crippen LogP contribution is -2.48. The van der Waals surface area contributed by atoms with Gasteiger partial charge in [-0.3, -0.25) is 5.43 Å². The number of amides is 1. The van der Waals surface area contributed by atoms with Crippen molar-refractivity contribution in [1.29, 1.82) is 0 Å². The van der Waals surface area contributed by atoms with Crippen molar-refractivity contribution >= 4 is 11.7 Å². The quantitative estimate of drug-likeness (QED) is 0.836. The van der Waals surface area contributed by atoms with Crippen LogP contribution in [0, 0.1) is 5.82 Å². The Morgan fingerprint density at radius 2 is 1.86 bits per heavy atom. The van der Waals surface area contributed by atoms with Crippen molar-refractivity contribution in [2.45, 2.75) is 46.3 Å². The summed E-state index contributed by atoms with van der Waals surface area (Å²) < 4.78 is 18.2. The minimum absolute atomic E-state index is 0.0599. The van der Waals surface area contributed by atoms with E-state index in [0.29, 0.717) is 6.54 Å². The van der Waals surface area contributed by atoms with Gasteiger partial charge in [0, 0.05) is 12.6 Å². The molecule has 0 aromatic heterocycles. The van der Waals surface area contributed by atoms with E-state index in [4.69, 9.17) is 4.74 Å². The smallest absolute Gasteiger partial charge is 0.422 e. The lowest BCUT2D eigenvalue weighted by Gasteiger charge is -2.29. The number of ether oxygens (including phenoxy) is 1. The maximum absolute atomic E-state index is 13.0. The Labute approximate surface area is 131 Å². The monoisotopic (exact) mass is 308 g/mol. The Kier molecular flexibility index (Phi) is 6.11. The zero-order valence-corrected chi connectivity index (χ0v) is 13.9. The van der Waals surface area contributed by atoms with E-state index < -0.39 is 11.7 Å². The third-order valence-electron chi connectivity index (χ3n) is 2.87. The Morgan fingerprint density at radius 1 is 1.32 bits per heavy atom. The van der Waals surface area contributed by atoms with Crippen LogP contribution in [0.5, 0.6) is 0 Å². The highest BCUT2D eigenvalue weighted by Gasteiger charge is 2.20. The number of hydrazine groups is 1. The predicted octanol–water partition coefficient (Wildman–Crippen LogP) is 3.99. The molecule has 0 unspecified atom stereocenters. The minimum atomic E-state index is -0.555. The Balaban J connectivity index is 2.70. The van der Waals surface area contributed by atoms with Crippen LogP contribution in [-0.2, 0) is 4.74 Å². The van der Waals surface area contributed by atoms with Crippen LogP contribution < -0.4 is 5.43 Å². The lowest BCUT2D eigenvalue weighted by atomic mass is 10.1. The molecule has 4 nitrogen and oxygen atoms in total. The van der Waals surface area contributed by atoms with Gasteiger partial charge in [-0.15, -0.1) is 0 Å². The van der Waals surface area contributed by atoms with Gasteiger partial charge in [-0.25, -0.2) is 14.2 Å². The third-order valence-corrected chi connectivity index (χ3v) is 2.87. The van der Waals surface area contributed by atoms with E-state index in [2.05, 4.69) is 12.0 Å². The predicted molar refractivity (Wildman–Crippen MR) is 86.6 cm³/mol. The summed E-state index contributed by atoms with van der Waals surface area (Å²) in [6.07, 6.45) is -0.506. The maximum atomic E-state index is 13.0. The van der Waals surface area contributed by atoms with Crippen molar-refractivity contribution in [1.82, 2.24) is 10.4 Å². The van der Waals surface area contributed by atoms with Crippen molar-refractivity contribution < 1.29 is 13.9 Å². The molecule has 0 saturated carbocycles. The molecule has 0 heterocycles. The molecule has 0 radical (unpaired) electrons. The number of hydrogen-bond donors (Lipinski definition) is 1. The number of benzene rings is 1. The van der Waals surface area contributed by atoms with Crippen molar-refractivity contribution in [2.75, 3.05) is 6.54 Å². The van der Waals surface area contributed by atoms with Crippen LogP contribution in [0.4, 0.5) is 9.18 Å². The summed E-state index contributed by atoms with van der Waals surface area (Å²) in [7, 11) is 0. The van der Waals surface area contributed by atoms with Crippen LogP contribution in [-0.4, -0.2) is 29.3 Å². The highest BCUT2D eigenvalue weighted by atomic mass is 19.1. The molecule has 0 saturated heterocycles. The van der Waals surface area contributed by atoms with Crippen molar-refractivity contribution in [3.63, 3.8) is 0 Å². The molecular weight excluding hydrogens is 283 g/mol. The van der Waals surface area contributed by atoms with Gasteiger partial charge in [-0.2, -0.15) is 0 Å². The van der Waals surface area contributed by atoms with Gasteiger partial charge >= 0.3 is 6.09 Å². The molecule has 0 spiro atoms. The van der Waals surface area contributed by atoms with Crippen molar-refractivity contribution in [3.8, 4) is 0 Å². The van der Waals surface area contributed by atoms with E-state index >= 15 is 0 Å². The SMILES string of the molecule is C=C(CN(NC(=O)OC(C)(C)C)C(C)C)c1ccc(F)cc1. The van der Waals surface area contributed by atoms with Gasteiger partial charge in [0.15, 0.2) is 0 Å². The molecule has 1 rings (SSSR count). The normalized spacial score (nSPS) is 11.6. The summed E-state index contributed by atoms with van der Waals surface area (Å²) in [5.74, 6) is -0.288. The molecule has 1 aromatic rings. The molecule has 0 aliphatic rings. The number of halogens is 1. The van der Waals surface area contributed by atoms with Gasteiger partial charge in [0.05, 0.1) is 0 Å². The van der Waals surface area contributed by atoms with E-state index in [-0.39, 0.29) is 11.9 Å². The van der Waals surface area contributed by atoms with E-state index in [1.54, 1.807) is 17.1 Å². The van der Waals surface area contributed by atoms with Crippen molar-refractivity contribution in [3.05, 3.63) is 42.2 Å². The highest BCUT2D eigenvalue weighted by Crippen LogP contribution is 2.15. The summed E-state index contributed by atoms with van der Waals surface area (Å²) in [5, 5.41) is 1.74. The molecule has 122 valence electrons. The second-order valence-corrected chi connectivity index (χ2v) is 6.45. The van der Waals surface area contributed by atoms with Crippen LogP contribution in [0.1, 0.15) is 40.2 Å². The summed E-state index contributed by atoms with van der Waals surface area (Å²) in [5.41, 5.74) is 3.78. The van der Waals surface area contributed by atoms with E-state index in [0.717, 1.165) is 11.1 Å². The fourth-order valence-corrected chi connectivity index (χ4v) is 1.75. The molecule has 0 fully saturated rings. The van der Waals surface area contributed by atoms with E-state index in [1.807, 2.05) is 34.6 Å². The van der Waals surface area contributed by atoms with Crippen LogP contribution in [0.25, 0.3) is 5.57 Å². The Morgan fingerprint density at radius 3 is 2.32 bits per heavy atom. The van der Waals surface area contributed by atoms with Crippen LogP contribution >= 0.6 is 0 Å². The molecule has 1 aromatic carbocycles. The minimum Gasteiger partial charge on any atom is -0.443 e. The van der Waals surface area contributed by atoms with Gasteiger partial charge in [-0.05, 0) is 57.9 Å². The van der Waals surface area contributed by atoms with Crippen LogP contribution in [0.3, 0.4) is 0 Å². The third kappa shape index (κ3) is 6.26. The average Bonchev–Trinajstić information content (AvgIpc) is 2.36. The number of hydrogen-bond acceptors (Lipinski definition) is 3. The lowest BCUT2D eigenvalue weighted by molar-refractivity contribution is 0.0302. The summed E-state index contributed by atoms with van der Waals surface area (Å²) in [6, 6.07) is 6.18. The fraction of sp³-hybridized carbons (Fsp3) is 0.471. The fourth-order valence-electron chi connectivity index (χ4n) is 1.75. The standard InChI is InChI=1S/C17H25FN2O2/c1-12(2)20(19-16(21)22-17(4,5)6)11-13(3)14-7-9-15(18)10-8-14/h7-10,12H,3,11H2,1-2,4-6H3,(H,19,21).